The van der Waals surface area contributed by atoms with Crippen LogP contribution in [0.2, 0.25) is 0 Å². The van der Waals surface area contributed by atoms with Crippen molar-refractivity contribution < 1.29 is 57.1 Å². The van der Waals surface area contributed by atoms with Crippen LogP contribution in [0.15, 0.2) is 29.8 Å². The van der Waals surface area contributed by atoms with Gasteiger partial charge in [0.05, 0.1) is 0 Å². The fourth-order valence-electron chi connectivity index (χ4n) is 2.90. The van der Waals surface area contributed by atoms with Gasteiger partial charge in [-0.15, -0.1) is 5.71 Å². The van der Waals surface area contributed by atoms with E-state index in [0.717, 1.165) is 12.1 Å². The Morgan fingerprint density at radius 3 is 2.14 bits per heavy atom. The molecule has 2 N–H and O–H groups in total. The van der Waals surface area contributed by atoms with Crippen LogP contribution in [0.5, 0.6) is 0 Å². The Bertz CT molecular complexity index is 823. The molecule has 10 heteroatoms. The third kappa shape index (κ3) is 12.6. The molecule has 0 aromatic heterocycles. The number of benzene rings is 1. The summed E-state index contributed by atoms with van der Waals surface area (Å²) in [5.41, 5.74) is -0.325. The minimum atomic E-state index is -4.23. The van der Waals surface area contributed by atoms with Crippen LogP contribution in [0.3, 0.4) is 0 Å². The van der Waals surface area contributed by atoms with E-state index in [9.17, 15) is 22.8 Å². The quantitative estimate of drug-likeness (QED) is 0.420. The molecule has 3 rings (SSSR count). The van der Waals surface area contributed by atoms with E-state index in [2.05, 4.69) is 17.5 Å². The van der Waals surface area contributed by atoms with Crippen molar-refractivity contribution in [2.45, 2.75) is 79.1 Å². The van der Waals surface area contributed by atoms with Gasteiger partial charge < -0.3 is 20.4 Å². The van der Waals surface area contributed by atoms with Crippen molar-refractivity contribution in [1.29, 1.82) is 5.41 Å². The van der Waals surface area contributed by atoms with E-state index in [4.69, 9.17) is 10.1 Å². The second-order valence-electron chi connectivity index (χ2n) is 7.78. The molecule has 2 aliphatic heterocycles. The summed E-state index contributed by atoms with van der Waals surface area (Å²) in [7, 11) is 0. The Hall–Kier alpha value is -1.84. The van der Waals surface area contributed by atoms with E-state index in [-0.39, 0.29) is 53.6 Å². The summed E-state index contributed by atoms with van der Waals surface area (Å²) in [4.78, 5) is 25.3. The molecule has 0 bridgehead atoms. The van der Waals surface area contributed by atoms with Crippen molar-refractivity contribution in [3.63, 3.8) is 0 Å². The molecule has 1 unspecified atom stereocenters. The van der Waals surface area contributed by atoms with Crippen LogP contribution in [0.1, 0.15) is 66.9 Å². The maximum Gasteiger partial charge on any atom is 1.00 e. The Kier molecular flexibility index (Phi) is 16.9. The molecule has 0 saturated carbocycles. The van der Waals surface area contributed by atoms with E-state index in [1.165, 1.54) is 12.1 Å². The number of carbonyl (C=O) groups is 2. The molecule has 6 nitrogen and oxygen atoms in total. The van der Waals surface area contributed by atoms with E-state index in [1.807, 2.05) is 48.5 Å². The molecule has 0 aliphatic carbocycles. The second kappa shape index (κ2) is 16.8. The van der Waals surface area contributed by atoms with Crippen molar-refractivity contribution in [3.8, 4) is 0 Å². The Balaban J connectivity index is 0. The van der Waals surface area contributed by atoms with Gasteiger partial charge in [0.2, 0.25) is 5.91 Å². The standard InChI is InChI=1S/C14H20N3O3.C7H4F3.2C2H6.Na/c1-14(2,3)20-13(19)17-6-4-5-9-10(15)7-12(18)16-8-11(9)17;8-7(9,10)6-4-2-1-3-5-6;2*1-2;/h11,15H,4,6-8H2,1-3H3,(H,16,18);2-5H;2*1-2H3;/q2*-1;;;+1. The Morgan fingerprint density at radius 2 is 1.69 bits per heavy atom. The summed E-state index contributed by atoms with van der Waals surface area (Å²) in [6.07, 6.45) is -0.909. The van der Waals surface area contributed by atoms with E-state index in [0.29, 0.717) is 25.1 Å². The van der Waals surface area contributed by atoms with E-state index in [1.54, 1.807) is 4.90 Å². The second-order valence-corrected chi connectivity index (χ2v) is 7.78. The van der Waals surface area contributed by atoms with E-state index >= 15 is 0 Å². The minimum Gasteiger partial charge on any atom is -0.444 e. The number of halogens is 3. The van der Waals surface area contributed by atoms with Crippen LogP contribution in [0.4, 0.5) is 18.0 Å². The number of amides is 2. The van der Waals surface area contributed by atoms with Crippen molar-refractivity contribution in [2.75, 3.05) is 13.1 Å². The normalized spacial score (nSPS) is 17.0. The zero-order valence-corrected chi connectivity index (χ0v) is 24.0. The number of nitrogens with zero attached hydrogens (tertiary/aromatic N) is 1. The van der Waals surface area contributed by atoms with Crippen LogP contribution in [-0.4, -0.2) is 47.3 Å². The number of fused-ring (bicyclic) bond motifs is 1. The summed E-state index contributed by atoms with van der Waals surface area (Å²) < 4.78 is 40.7. The first-order valence-electron chi connectivity index (χ1n) is 11.4. The third-order valence-electron chi connectivity index (χ3n) is 4.21. The number of carbonyl (C=O) groups excluding carboxylic acids is 2. The largest absolute Gasteiger partial charge is 1.00 e. The Morgan fingerprint density at radius 1 is 1.14 bits per heavy atom. The zero-order chi connectivity index (χ0) is 26.5. The molecule has 1 aromatic rings. The third-order valence-corrected chi connectivity index (χ3v) is 4.21. The van der Waals surface area contributed by atoms with Gasteiger partial charge in [-0.25, -0.2) is 4.79 Å². The van der Waals surface area contributed by atoms with Gasteiger partial charge in [0.1, 0.15) is 5.60 Å². The first-order valence-corrected chi connectivity index (χ1v) is 11.4. The van der Waals surface area contributed by atoms with Crippen LogP contribution in [0, 0.1) is 17.6 Å². The molecule has 2 aliphatic rings. The summed E-state index contributed by atoms with van der Waals surface area (Å²) in [5.74, 6) is -0.192. The van der Waals surface area contributed by atoms with Crippen molar-refractivity contribution in [2.24, 2.45) is 0 Å². The molecule has 0 radical (unpaired) electrons. The molecule has 35 heavy (non-hydrogen) atoms. The molecule has 2 heterocycles. The van der Waals surface area contributed by atoms with Crippen LogP contribution >= 0.6 is 0 Å². The fraction of sp³-hybridized carbons (Fsp3) is 0.560. The first-order chi connectivity index (χ1) is 15.9. The maximum atomic E-state index is 12.2. The molecule has 1 saturated heterocycles. The minimum absolute atomic E-state index is 0. The van der Waals surface area contributed by atoms with Gasteiger partial charge in [0, 0.05) is 25.6 Å². The molecule has 1 fully saturated rings. The van der Waals surface area contributed by atoms with Gasteiger partial charge in [-0.05, 0) is 20.8 Å². The van der Waals surface area contributed by atoms with E-state index < -0.39 is 23.4 Å². The average molecular weight is 507 g/mol. The first kappa shape index (κ1) is 35.3. The zero-order valence-electron chi connectivity index (χ0n) is 22.0. The number of hydrogen-bond donors (Lipinski definition) is 2. The van der Waals surface area contributed by atoms with Crippen LogP contribution < -0.4 is 34.9 Å². The molecule has 2 amide bonds. The van der Waals surface area contributed by atoms with Gasteiger partial charge in [-0.2, -0.15) is 49.1 Å². The predicted octanol–water partition coefficient (Wildman–Crippen LogP) is 2.83. The maximum absolute atomic E-state index is 12.2. The van der Waals surface area contributed by atoms with Crippen LogP contribution in [-0.2, 0) is 15.7 Å². The van der Waals surface area contributed by atoms with Gasteiger partial charge in [-0.3, -0.25) is 10.9 Å². The van der Waals surface area contributed by atoms with Crippen LogP contribution in [0.25, 0.3) is 0 Å². The average Bonchev–Trinajstić information content (AvgIpc) is 2.93. The topological polar surface area (TPSA) is 82.5 Å². The summed E-state index contributed by atoms with van der Waals surface area (Å²) in [6, 6.07) is 6.61. The molecule has 192 valence electrons. The Labute approximate surface area is 229 Å². The summed E-state index contributed by atoms with van der Waals surface area (Å²) >= 11 is 0. The van der Waals surface area contributed by atoms with Gasteiger partial charge >= 0.3 is 41.8 Å². The smallest absolute Gasteiger partial charge is 0.444 e. The van der Waals surface area contributed by atoms with Crippen molar-refractivity contribution >= 4 is 17.7 Å². The number of alkyl halides is 3. The van der Waals surface area contributed by atoms with Gasteiger partial charge in [0.15, 0.2) is 0 Å². The van der Waals surface area contributed by atoms with Gasteiger partial charge in [0.25, 0.3) is 0 Å². The predicted molar refractivity (Wildman–Crippen MR) is 126 cm³/mol. The summed E-state index contributed by atoms with van der Waals surface area (Å²) in [6.45, 7) is 14.2. The fourth-order valence-corrected chi connectivity index (χ4v) is 2.90. The molecular formula is C25H36F3N3NaO3-. The van der Waals surface area contributed by atoms with Crippen molar-refractivity contribution in [1.82, 2.24) is 10.2 Å². The summed E-state index contributed by atoms with van der Waals surface area (Å²) in [5, 5.41) is 10.7. The number of hydrogen-bond acceptors (Lipinski definition) is 4. The number of rotatable bonds is 0. The molecule has 1 atom stereocenters. The van der Waals surface area contributed by atoms with Crippen molar-refractivity contribution in [3.05, 3.63) is 47.5 Å². The molecular weight excluding hydrogens is 470 g/mol. The monoisotopic (exact) mass is 506 g/mol. The SMILES string of the molecule is CC.CC.CC(C)(C)OC(=O)N1CC[C-]=C2C(=N)CC(=O)NCC21.FC(F)(F)c1cc[c-]cc1.[Na+]. The molecule has 1 aromatic carbocycles. The van der Waals surface area contributed by atoms with Gasteiger partial charge in [-0.1, -0.05) is 39.7 Å². The molecule has 0 spiro atoms. The number of ether oxygens (including phenoxy) is 1. The number of nitrogens with one attached hydrogen (secondary N) is 2.